The lowest BCUT2D eigenvalue weighted by Gasteiger charge is -2.16. The van der Waals surface area contributed by atoms with Crippen molar-refractivity contribution in [2.24, 2.45) is 0 Å². The van der Waals surface area contributed by atoms with Crippen molar-refractivity contribution < 1.29 is 14.2 Å². The van der Waals surface area contributed by atoms with E-state index in [0.717, 1.165) is 16.7 Å². The van der Waals surface area contributed by atoms with Crippen LogP contribution in [0.3, 0.4) is 0 Å². The molecule has 4 heteroatoms. The summed E-state index contributed by atoms with van der Waals surface area (Å²) < 4.78 is 17.0. The van der Waals surface area contributed by atoms with Crippen LogP contribution >= 0.6 is 0 Å². The molecule has 0 amide bonds. The summed E-state index contributed by atoms with van der Waals surface area (Å²) in [5, 5.41) is 0. The molecule has 4 nitrogen and oxygen atoms in total. The molecule has 3 rings (SSSR count). The largest absolute Gasteiger partial charge is 0.493 e. The molecule has 0 aliphatic carbocycles. The van der Waals surface area contributed by atoms with Gasteiger partial charge in [0.05, 0.1) is 14.2 Å². The molecule has 122 valence electrons. The van der Waals surface area contributed by atoms with Crippen LogP contribution in [0.2, 0.25) is 0 Å². The number of rotatable bonds is 6. The van der Waals surface area contributed by atoms with E-state index in [1.54, 1.807) is 26.6 Å². The van der Waals surface area contributed by atoms with Crippen LogP contribution < -0.4 is 14.2 Å². The van der Waals surface area contributed by atoms with Gasteiger partial charge in [-0.25, -0.2) is 0 Å². The minimum Gasteiger partial charge on any atom is -0.493 e. The molecule has 0 saturated heterocycles. The Labute approximate surface area is 141 Å². The highest BCUT2D eigenvalue weighted by Crippen LogP contribution is 2.41. The lowest BCUT2D eigenvalue weighted by Crippen LogP contribution is -2.00. The monoisotopic (exact) mass is 321 g/mol. The van der Waals surface area contributed by atoms with Crippen LogP contribution in [0.25, 0.3) is 11.1 Å². The molecule has 0 spiro atoms. The van der Waals surface area contributed by atoms with E-state index in [0.29, 0.717) is 23.9 Å². The van der Waals surface area contributed by atoms with Crippen molar-refractivity contribution in [3.8, 4) is 28.4 Å². The zero-order chi connectivity index (χ0) is 16.8. The van der Waals surface area contributed by atoms with E-state index in [1.165, 1.54) is 0 Å². The van der Waals surface area contributed by atoms with Gasteiger partial charge in [-0.05, 0) is 29.3 Å². The highest BCUT2D eigenvalue weighted by atomic mass is 16.5. The van der Waals surface area contributed by atoms with Gasteiger partial charge < -0.3 is 14.2 Å². The van der Waals surface area contributed by atoms with Crippen molar-refractivity contribution in [2.75, 3.05) is 14.2 Å². The Balaban J connectivity index is 1.93. The maximum Gasteiger partial charge on any atom is 0.203 e. The van der Waals surface area contributed by atoms with Crippen molar-refractivity contribution in [3.05, 3.63) is 72.6 Å². The summed E-state index contributed by atoms with van der Waals surface area (Å²) >= 11 is 0. The zero-order valence-corrected chi connectivity index (χ0v) is 13.7. The van der Waals surface area contributed by atoms with Gasteiger partial charge in [0.15, 0.2) is 11.5 Å². The Morgan fingerprint density at radius 1 is 0.833 bits per heavy atom. The summed E-state index contributed by atoms with van der Waals surface area (Å²) in [5.41, 5.74) is 3.03. The van der Waals surface area contributed by atoms with Crippen molar-refractivity contribution in [1.29, 1.82) is 0 Å². The maximum absolute atomic E-state index is 5.96. The predicted molar refractivity (Wildman–Crippen MR) is 93.6 cm³/mol. The van der Waals surface area contributed by atoms with Gasteiger partial charge in [0.2, 0.25) is 5.75 Å². The van der Waals surface area contributed by atoms with Gasteiger partial charge in [-0.15, -0.1) is 0 Å². The zero-order valence-electron chi connectivity index (χ0n) is 13.7. The molecule has 1 heterocycles. The van der Waals surface area contributed by atoms with Crippen LogP contribution in [0.15, 0.2) is 67.0 Å². The van der Waals surface area contributed by atoms with E-state index >= 15 is 0 Å². The average Bonchev–Trinajstić information content (AvgIpc) is 2.67. The first-order valence-corrected chi connectivity index (χ1v) is 7.65. The van der Waals surface area contributed by atoms with E-state index in [2.05, 4.69) is 4.98 Å². The molecule has 0 radical (unpaired) electrons. The third kappa shape index (κ3) is 3.49. The van der Waals surface area contributed by atoms with Crippen molar-refractivity contribution >= 4 is 0 Å². The normalized spacial score (nSPS) is 10.2. The molecule has 0 unspecified atom stereocenters. The fraction of sp³-hybridized carbons (Fsp3) is 0.150. The van der Waals surface area contributed by atoms with E-state index in [4.69, 9.17) is 14.2 Å². The molecule has 24 heavy (non-hydrogen) atoms. The van der Waals surface area contributed by atoms with Crippen molar-refractivity contribution in [2.45, 2.75) is 6.61 Å². The summed E-state index contributed by atoms with van der Waals surface area (Å²) in [7, 11) is 3.24. The second-order valence-electron chi connectivity index (χ2n) is 5.23. The highest BCUT2D eigenvalue weighted by Gasteiger charge is 2.15. The highest BCUT2D eigenvalue weighted by molar-refractivity contribution is 5.70. The first-order chi connectivity index (χ1) is 11.8. The summed E-state index contributed by atoms with van der Waals surface area (Å²) in [6.07, 6.45) is 3.55. The molecule has 3 aromatic rings. The smallest absolute Gasteiger partial charge is 0.203 e. The number of aromatic nitrogens is 1. The Morgan fingerprint density at radius 3 is 2.12 bits per heavy atom. The molecule has 0 saturated carbocycles. The first kappa shape index (κ1) is 15.9. The topological polar surface area (TPSA) is 40.6 Å². The van der Waals surface area contributed by atoms with Crippen molar-refractivity contribution in [1.82, 2.24) is 4.98 Å². The van der Waals surface area contributed by atoms with Crippen LogP contribution in [0.4, 0.5) is 0 Å². The molecular formula is C20H19NO3. The molecule has 2 aromatic carbocycles. The average molecular weight is 321 g/mol. The van der Waals surface area contributed by atoms with E-state index in [9.17, 15) is 0 Å². The molecule has 0 aliphatic rings. The van der Waals surface area contributed by atoms with Gasteiger partial charge in [-0.1, -0.05) is 36.4 Å². The minimum absolute atomic E-state index is 0.444. The number of hydrogen-bond acceptors (Lipinski definition) is 4. The third-order valence-corrected chi connectivity index (χ3v) is 3.68. The Bertz CT molecular complexity index is 763. The molecule has 0 atom stereocenters. The summed E-state index contributed by atoms with van der Waals surface area (Å²) in [6, 6.07) is 17.7. The van der Waals surface area contributed by atoms with Crippen LogP contribution in [0, 0.1) is 0 Å². The first-order valence-electron chi connectivity index (χ1n) is 7.65. The third-order valence-electron chi connectivity index (χ3n) is 3.68. The minimum atomic E-state index is 0.444. The predicted octanol–water partition coefficient (Wildman–Crippen LogP) is 4.34. The maximum atomic E-state index is 5.96. The van der Waals surface area contributed by atoms with E-state index < -0.39 is 0 Å². The summed E-state index contributed by atoms with van der Waals surface area (Å²) in [6.45, 7) is 0.444. The molecule has 1 aromatic heterocycles. The van der Waals surface area contributed by atoms with Gasteiger partial charge in [0.1, 0.15) is 6.61 Å². The number of methoxy groups -OCH3 is 2. The van der Waals surface area contributed by atoms with Crippen molar-refractivity contribution in [3.63, 3.8) is 0 Å². The number of hydrogen-bond donors (Lipinski definition) is 0. The SMILES string of the molecule is COc1cc(-c2cccnc2)cc(OC)c1OCc1ccccc1. The number of nitrogens with zero attached hydrogens (tertiary/aromatic N) is 1. The van der Waals surface area contributed by atoms with Gasteiger partial charge >= 0.3 is 0 Å². The molecule has 0 N–H and O–H groups in total. The van der Waals surface area contributed by atoms with Crippen LogP contribution in [0.5, 0.6) is 17.2 Å². The van der Waals surface area contributed by atoms with Gasteiger partial charge in [-0.2, -0.15) is 0 Å². The second-order valence-corrected chi connectivity index (χ2v) is 5.23. The summed E-state index contributed by atoms with van der Waals surface area (Å²) in [5.74, 6) is 1.85. The van der Waals surface area contributed by atoms with Gasteiger partial charge in [0, 0.05) is 18.0 Å². The number of pyridine rings is 1. The van der Waals surface area contributed by atoms with E-state index in [1.807, 2.05) is 54.6 Å². The molecule has 0 aliphatic heterocycles. The Hall–Kier alpha value is -3.01. The van der Waals surface area contributed by atoms with E-state index in [-0.39, 0.29) is 0 Å². The molecular weight excluding hydrogens is 302 g/mol. The fourth-order valence-corrected chi connectivity index (χ4v) is 2.45. The molecule has 0 fully saturated rings. The second kappa shape index (κ2) is 7.51. The Morgan fingerprint density at radius 2 is 1.54 bits per heavy atom. The van der Waals surface area contributed by atoms with Crippen LogP contribution in [-0.2, 0) is 6.61 Å². The summed E-state index contributed by atoms with van der Waals surface area (Å²) in [4.78, 5) is 4.16. The van der Waals surface area contributed by atoms with Crippen LogP contribution in [0.1, 0.15) is 5.56 Å². The standard InChI is InChI=1S/C20H19NO3/c1-22-18-11-17(16-9-6-10-21-13-16)12-19(23-2)20(18)24-14-15-7-4-3-5-8-15/h3-13H,14H2,1-2H3. The lowest BCUT2D eigenvalue weighted by molar-refractivity contribution is 0.266. The number of benzene rings is 2. The fourth-order valence-electron chi connectivity index (χ4n) is 2.45. The quantitative estimate of drug-likeness (QED) is 0.677. The lowest BCUT2D eigenvalue weighted by atomic mass is 10.1. The van der Waals surface area contributed by atoms with Gasteiger partial charge in [0.25, 0.3) is 0 Å². The van der Waals surface area contributed by atoms with Gasteiger partial charge in [-0.3, -0.25) is 4.98 Å². The number of ether oxygens (including phenoxy) is 3. The Kier molecular flexibility index (Phi) is 4.96. The van der Waals surface area contributed by atoms with Crippen LogP contribution in [-0.4, -0.2) is 19.2 Å². The molecule has 0 bridgehead atoms.